The van der Waals surface area contributed by atoms with Crippen molar-refractivity contribution in [3.05, 3.63) is 11.9 Å². The number of fused-ring (bicyclic) bond motifs is 1. The monoisotopic (exact) mass is 252 g/mol. The SMILES string of the molecule is CCC1C2CNCC2CN1C(=O)c1cnsn1. The zero-order chi connectivity index (χ0) is 11.8. The summed E-state index contributed by atoms with van der Waals surface area (Å²) in [6.07, 6.45) is 2.60. The minimum Gasteiger partial charge on any atom is -0.334 e. The Bertz CT molecular complexity index is 408. The molecular formula is C11H16N4OS. The predicted octanol–water partition coefficient (Wildman–Crippen LogP) is 0.608. The van der Waals surface area contributed by atoms with Gasteiger partial charge in [-0.3, -0.25) is 4.79 Å². The van der Waals surface area contributed by atoms with Crippen LogP contribution in [0.1, 0.15) is 23.8 Å². The number of nitrogens with zero attached hydrogens (tertiary/aromatic N) is 3. The summed E-state index contributed by atoms with van der Waals surface area (Å²) in [5, 5.41) is 3.42. The molecular weight excluding hydrogens is 236 g/mol. The van der Waals surface area contributed by atoms with E-state index >= 15 is 0 Å². The largest absolute Gasteiger partial charge is 0.334 e. The fraction of sp³-hybridized carbons (Fsp3) is 0.727. The molecule has 3 atom stereocenters. The maximum absolute atomic E-state index is 12.3. The van der Waals surface area contributed by atoms with Crippen molar-refractivity contribution in [2.24, 2.45) is 11.8 Å². The highest BCUT2D eigenvalue weighted by Gasteiger charge is 2.45. The van der Waals surface area contributed by atoms with Crippen LogP contribution in [0.25, 0.3) is 0 Å². The summed E-state index contributed by atoms with van der Waals surface area (Å²) in [6.45, 7) is 5.11. The van der Waals surface area contributed by atoms with Crippen LogP contribution in [0.5, 0.6) is 0 Å². The minimum atomic E-state index is 0.0556. The van der Waals surface area contributed by atoms with Crippen LogP contribution in [0.2, 0.25) is 0 Å². The molecule has 2 aliphatic rings. The van der Waals surface area contributed by atoms with E-state index in [-0.39, 0.29) is 5.91 Å². The Labute approximate surface area is 105 Å². The van der Waals surface area contributed by atoms with Crippen molar-refractivity contribution in [2.45, 2.75) is 19.4 Å². The van der Waals surface area contributed by atoms with Crippen LogP contribution in [0.4, 0.5) is 0 Å². The number of hydrogen-bond acceptors (Lipinski definition) is 5. The van der Waals surface area contributed by atoms with E-state index in [0.717, 1.165) is 37.8 Å². The lowest BCUT2D eigenvalue weighted by atomic mass is 9.93. The van der Waals surface area contributed by atoms with E-state index < -0.39 is 0 Å². The summed E-state index contributed by atoms with van der Waals surface area (Å²) in [5.74, 6) is 1.30. The van der Waals surface area contributed by atoms with E-state index in [1.54, 1.807) is 6.20 Å². The second kappa shape index (κ2) is 4.34. The quantitative estimate of drug-likeness (QED) is 0.838. The summed E-state index contributed by atoms with van der Waals surface area (Å²) < 4.78 is 7.96. The van der Waals surface area contributed by atoms with Gasteiger partial charge in [-0.15, -0.1) is 0 Å². The molecule has 3 heterocycles. The van der Waals surface area contributed by atoms with Gasteiger partial charge in [0.25, 0.3) is 5.91 Å². The van der Waals surface area contributed by atoms with Gasteiger partial charge in [-0.05, 0) is 18.3 Å². The van der Waals surface area contributed by atoms with Crippen LogP contribution in [-0.4, -0.2) is 45.2 Å². The number of carbonyl (C=O) groups excluding carboxylic acids is 1. The number of nitrogens with one attached hydrogen (secondary N) is 1. The van der Waals surface area contributed by atoms with Crippen molar-refractivity contribution in [1.29, 1.82) is 0 Å². The second-order valence-corrected chi connectivity index (χ2v) is 5.36. The Morgan fingerprint density at radius 1 is 1.65 bits per heavy atom. The first-order valence-electron chi connectivity index (χ1n) is 6.10. The van der Waals surface area contributed by atoms with E-state index in [9.17, 15) is 4.79 Å². The topological polar surface area (TPSA) is 58.1 Å². The van der Waals surface area contributed by atoms with Crippen LogP contribution in [0.3, 0.4) is 0 Å². The molecule has 3 rings (SSSR count). The molecule has 2 aliphatic heterocycles. The molecule has 0 aliphatic carbocycles. The predicted molar refractivity (Wildman–Crippen MR) is 64.9 cm³/mol. The van der Waals surface area contributed by atoms with Crippen molar-refractivity contribution in [3.63, 3.8) is 0 Å². The summed E-state index contributed by atoms with van der Waals surface area (Å²) >= 11 is 1.10. The standard InChI is InChI=1S/C11H16N4OS/c1-2-10-8-4-12-3-7(8)6-15(10)11(16)9-5-13-17-14-9/h5,7-8,10,12H,2-4,6H2,1H3. The van der Waals surface area contributed by atoms with Gasteiger partial charge in [-0.1, -0.05) is 6.92 Å². The zero-order valence-corrected chi connectivity index (χ0v) is 10.6. The van der Waals surface area contributed by atoms with Crippen LogP contribution in [0.15, 0.2) is 6.20 Å². The average molecular weight is 252 g/mol. The molecule has 6 heteroatoms. The van der Waals surface area contributed by atoms with E-state index in [1.807, 2.05) is 4.90 Å². The van der Waals surface area contributed by atoms with Gasteiger partial charge < -0.3 is 10.2 Å². The molecule has 92 valence electrons. The molecule has 0 saturated carbocycles. The van der Waals surface area contributed by atoms with Gasteiger partial charge in [0, 0.05) is 25.7 Å². The van der Waals surface area contributed by atoms with Gasteiger partial charge in [0.2, 0.25) is 0 Å². The lowest BCUT2D eigenvalue weighted by molar-refractivity contribution is 0.0707. The van der Waals surface area contributed by atoms with Gasteiger partial charge >= 0.3 is 0 Å². The highest BCUT2D eigenvalue weighted by molar-refractivity contribution is 6.99. The summed E-state index contributed by atoms with van der Waals surface area (Å²) in [4.78, 5) is 14.3. The molecule has 5 nitrogen and oxygen atoms in total. The molecule has 0 radical (unpaired) electrons. The van der Waals surface area contributed by atoms with E-state index in [0.29, 0.717) is 23.6 Å². The van der Waals surface area contributed by atoms with Gasteiger partial charge in [-0.2, -0.15) is 8.75 Å². The first-order chi connectivity index (χ1) is 8.31. The molecule has 0 aromatic carbocycles. The molecule has 0 spiro atoms. The molecule has 0 bridgehead atoms. The van der Waals surface area contributed by atoms with Crippen molar-refractivity contribution in [2.75, 3.05) is 19.6 Å². The Balaban J connectivity index is 1.81. The van der Waals surface area contributed by atoms with Crippen LogP contribution in [-0.2, 0) is 0 Å². The fourth-order valence-electron chi connectivity index (χ4n) is 3.19. The second-order valence-electron chi connectivity index (χ2n) is 4.81. The van der Waals surface area contributed by atoms with Crippen molar-refractivity contribution in [3.8, 4) is 0 Å². The van der Waals surface area contributed by atoms with Gasteiger partial charge in [0.15, 0.2) is 5.69 Å². The van der Waals surface area contributed by atoms with Gasteiger partial charge in [-0.25, -0.2) is 0 Å². The molecule has 1 aromatic heterocycles. The molecule has 1 aromatic rings. The number of aromatic nitrogens is 2. The van der Waals surface area contributed by atoms with Gasteiger partial charge in [0.05, 0.1) is 17.9 Å². The smallest absolute Gasteiger partial charge is 0.275 e. The van der Waals surface area contributed by atoms with E-state index in [4.69, 9.17) is 0 Å². The third kappa shape index (κ3) is 1.75. The lowest BCUT2D eigenvalue weighted by Crippen LogP contribution is -2.39. The van der Waals surface area contributed by atoms with Gasteiger partial charge in [0.1, 0.15) is 0 Å². The average Bonchev–Trinajstić information content (AvgIpc) is 3.03. The molecule has 2 fully saturated rings. The highest BCUT2D eigenvalue weighted by atomic mass is 32.1. The van der Waals surface area contributed by atoms with Crippen LogP contribution >= 0.6 is 11.7 Å². The summed E-state index contributed by atoms with van der Waals surface area (Å²) in [5.41, 5.74) is 0.501. The van der Waals surface area contributed by atoms with Crippen LogP contribution < -0.4 is 5.32 Å². The molecule has 3 unspecified atom stereocenters. The Hall–Kier alpha value is -1.01. The summed E-state index contributed by atoms with van der Waals surface area (Å²) in [6, 6.07) is 0.365. The first kappa shape index (κ1) is 11.1. The number of carbonyl (C=O) groups is 1. The molecule has 17 heavy (non-hydrogen) atoms. The van der Waals surface area contributed by atoms with Crippen LogP contribution in [0, 0.1) is 11.8 Å². The first-order valence-corrected chi connectivity index (χ1v) is 6.83. The number of hydrogen-bond donors (Lipinski definition) is 1. The third-order valence-corrected chi connectivity index (χ3v) is 4.46. The fourth-order valence-corrected chi connectivity index (χ4v) is 3.59. The number of rotatable bonds is 2. The van der Waals surface area contributed by atoms with Crippen molar-refractivity contribution < 1.29 is 4.79 Å². The van der Waals surface area contributed by atoms with E-state index in [2.05, 4.69) is 21.0 Å². The normalized spacial score (nSPS) is 31.8. The lowest BCUT2D eigenvalue weighted by Gasteiger charge is -2.26. The maximum atomic E-state index is 12.3. The minimum absolute atomic E-state index is 0.0556. The molecule has 1 amide bonds. The third-order valence-electron chi connectivity index (χ3n) is 3.98. The summed E-state index contributed by atoms with van der Waals surface area (Å²) in [7, 11) is 0. The number of likely N-dealkylation sites (tertiary alicyclic amines) is 1. The molecule has 2 saturated heterocycles. The highest BCUT2D eigenvalue weighted by Crippen LogP contribution is 2.34. The Morgan fingerprint density at radius 3 is 3.24 bits per heavy atom. The van der Waals surface area contributed by atoms with Crippen molar-refractivity contribution in [1.82, 2.24) is 19.0 Å². The maximum Gasteiger partial charge on any atom is 0.275 e. The van der Waals surface area contributed by atoms with Crippen molar-refractivity contribution >= 4 is 17.6 Å². The zero-order valence-electron chi connectivity index (χ0n) is 9.80. The Morgan fingerprint density at radius 2 is 2.53 bits per heavy atom. The molecule has 1 N–H and O–H groups in total. The van der Waals surface area contributed by atoms with E-state index in [1.165, 1.54) is 0 Å². The number of amides is 1. The Kier molecular flexibility index (Phi) is 2.84.